The Labute approximate surface area is 223 Å². The molecule has 0 saturated carbocycles. The second-order valence-corrected chi connectivity index (χ2v) is 9.27. The lowest BCUT2D eigenvalue weighted by Crippen LogP contribution is -2.41. The third-order valence-electron chi connectivity index (χ3n) is 6.91. The first-order valence-electron chi connectivity index (χ1n) is 12.2. The Morgan fingerprint density at radius 3 is 2.64 bits per heavy atom. The maximum Gasteiger partial charge on any atom is 0.313 e. The van der Waals surface area contributed by atoms with Crippen molar-refractivity contribution in [2.24, 2.45) is 0 Å². The summed E-state index contributed by atoms with van der Waals surface area (Å²) in [6, 6.07) is 20.5. The Bertz CT molecular complexity index is 1580. The van der Waals surface area contributed by atoms with Gasteiger partial charge in [-0.2, -0.15) is 10.4 Å². The van der Waals surface area contributed by atoms with Gasteiger partial charge < -0.3 is 25.4 Å². The van der Waals surface area contributed by atoms with Crippen molar-refractivity contribution in [3.8, 4) is 6.07 Å². The zero-order valence-electron chi connectivity index (χ0n) is 20.8. The lowest BCUT2D eigenvalue weighted by molar-refractivity contribution is -0.152. The third-order valence-corrected chi connectivity index (χ3v) is 6.91. The van der Waals surface area contributed by atoms with E-state index < -0.39 is 42.4 Å². The van der Waals surface area contributed by atoms with Crippen LogP contribution in [0, 0.1) is 11.3 Å². The van der Waals surface area contributed by atoms with Gasteiger partial charge in [-0.05, 0) is 30.7 Å². The van der Waals surface area contributed by atoms with E-state index in [0.717, 1.165) is 0 Å². The highest BCUT2D eigenvalue weighted by atomic mass is 16.6. The quantitative estimate of drug-likeness (QED) is 0.237. The highest BCUT2D eigenvalue weighted by Gasteiger charge is 2.57. The van der Waals surface area contributed by atoms with Crippen LogP contribution in [0.4, 0.5) is 5.82 Å². The molecule has 2 aromatic carbocycles. The van der Waals surface area contributed by atoms with Crippen molar-refractivity contribution < 1.29 is 29.3 Å². The van der Waals surface area contributed by atoms with E-state index in [4.69, 9.17) is 15.2 Å². The number of benzene rings is 2. The van der Waals surface area contributed by atoms with Crippen molar-refractivity contribution in [2.45, 2.75) is 36.8 Å². The molecule has 1 saturated heterocycles. The number of aliphatic hydroxyl groups is 2. The van der Waals surface area contributed by atoms with Crippen LogP contribution >= 0.6 is 0 Å². The predicted molar refractivity (Wildman–Crippen MR) is 137 cm³/mol. The number of aliphatic hydroxyl groups excluding tert-OH is 2. The zero-order chi connectivity index (χ0) is 27.7. The van der Waals surface area contributed by atoms with Gasteiger partial charge in [0.2, 0.25) is 5.60 Å². The molecule has 11 heteroatoms. The molecule has 4 N–H and O–H groups in total. The van der Waals surface area contributed by atoms with Gasteiger partial charge in [0, 0.05) is 11.1 Å². The van der Waals surface area contributed by atoms with Crippen molar-refractivity contribution in [3.63, 3.8) is 0 Å². The van der Waals surface area contributed by atoms with Gasteiger partial charge >= 0.3 is 5.97 Å². The standard InChI is InChI=1S/C28H25N5O6/c1-16(18-8-5-9-19(12-18)23(34)17-6-3-2-4-7-17)27(37)38-13-21-24(35)25(36)28(14-29,39-21)22-11-10-20-26(30)31-15-32-33(20)22/h2-12,15-16,21,24-25,35-36H,13H2,1H3,(H2,30,31,32)/t16?,21-,24-,25-,28+/m1/s1. The molecule has 4 aromatic rings. The number of ether oxygens (including phenoxy) is 2. The van der Waals surface area contributed by atoms with E-state index in [9.17, 15) is 25.1 Å². The van der Waals surface area contributed by atoms with Gasteiger partial charge in [-0.1, -0.05) is 48.5 Å². The minimum Gasteiger partial charge on any atom is -0.462 e. The van der Waals surface area contributed by atoms with Crippen LogP contribution in [0.3, 0.4) is 0 Å². The minimum atomic E-state index is -2.00. The molecule has 2 aromatic heterocycles. The molecule has 0 radical (unpaired) electrons. The minimum absolute atomic E-state index is 0.141. The summed E-state index contributed by atoms with van der Waals surface area (Å²) >= 11 is 0. The third kappa shape index (κ3) is 4.51. The molecule has 11 nitrogen and oxygen atoms in total. The van der Waals surface area contributed by atoms with E-state index in [2.05, 4.69) is 10.1 Å². The van der Waals surface area contributed by atoms with Gasteiger partial charge in [0.05, 0.1) is 11.6 Å². The van der Waals surface area contributed by atoms with E-state index in [1.165, 1.54) is 16.9 Å². The zero-order valence-corrected chi connectivity index (χ0v) is 20.8. The first kappa shape index (κ1) is 26.0. The van der Waals surface area contributed by atoms with Crippen LogP contribution < -0.4 is 5.73 Å². The number of hydrogen-bond donors (Lipinski definition) is 3. The van der Waals surface area contributed by atoms with E-state index in [1.54, 1.807) is 61.5 Å². The number of esters is 1. The van der Waals surface area contributed by atoms with Gasteiger partial charge in [-0.15, -0.1) is 0 Å². The SMILES string of the molecule is CC(C(=O)OC[C@H]1O[C@@](C#N)(c2ccc3c(N)ncnn23)[C@H](O)[C@@H]1O)c1cccc(C(=O)c2ccccc2)c1. The van der Waals surface area contributed by atoms with Crippen LogP contribution in [0.25, 0.3) is 5.52 Å². The van der Waals surface area contributed by atoms with E-state index in [-0.39, 0.29) is 17.3 Å². The molecule has 0 aliphatic carbocycles. The summed E-state index contributed by atoms with van der Waals surface area (Å²) in [6.07, 6.45) is -3.22. The van der Waals surface area contributed by atoms with Gasteiger partial charge in [0.15, 0.2) is 11.6 Å². The highest BCUT2D eigenvalue weighted by Crippen LogP contribution is 2.40. The van der Waals surface area contributed by atoms with Crippen LogP contribution in [0.15, 0.2) is 73.1 Å². The fourth-order valence-electron chi connectivity index (χ4n) is 4.68. The molecule has 0 amide bonds. The number of nitrogen functional groups attached to an aromatic ring is 1. The molecule has 1 unspecified atom stereocenters. The fraction of sp³-hybridized carbons (Fsp3) is 0.250. The van der Waals surface area contributed by atoms with Crippen LogP contribution in [0.5, 0.6) is 0 Å². The topological polar surface area (TPSA) is 173 Å². The Morgan fingerprint density at radius 2 is 1.90 bits per heavy atom. The monoisotopic (exact) mass is 527 g/mol. The number of nitriles is 1. The Hall–Kier alpha value is -4.63. The molecular formula is C28H25N5O6. The number of nitrogens with zero attached hydrogens (tertiary/aromatic N) is 4. The molecule has 5 rings (SSSR count). The number of anilines is 1. The summed E-state index contributed by atoms with van der Waals surface area (Å²) < 4.78 is 12.6. The number of rotatable bonds is 7. The predicted octanol–water partition coefficient (Wildman–Crippen LogP) is 1.73. The van der Waals surface area contributed by atoms with Gasteiger partial charge in [0.1, 0.15) is 42.8 Å². The fourth-order valence-corrected chi connectivity index (χ4v) is 4.68. The van der Waals surface area contributed by atoms with E-state index >= 15 is 0 Å². The summed E-state index contributed by atoms with van der Waals surface area (Å²) in [4.78, 5) is 29.6. The molecule has 198 valence electrons. The average Bonchev–Trinajstić information content (AvgIpc) is 3.52. The first-order chi connectivity index (χ1) is 18.8. The molecule has 3 heterocycles. The van der Waals surface area contributed by atoms with Crippen LogP contribution in [-0.4, -0.2) is 61.5 Å². The molecule has 0 spiro atoms. The summed E-state index contributed by atoms with van der Waals surface area (Å²) in [6.45, 7) is 1.21. The molecule has 5 atom stereocenters. The second-order valence-electron chi connectivity index (χ2n) is 9.27. The van der Waals surface area contributed by atoms with E-state index in [0.29, 0.717) is 22.2 Å². The number of ketones is 1. The van der Waals surface area contributed by atoms with Crippen LogP contribution in [0.2, 0.25) is 0 Å². The van der Waals surface area contributed by atoms with Crippen molar-refractivity contribution in [2.75, 3.05) is 12.3 Å². The van der Waals surface area contributed by atoms with Crippen LogP contribution in [-0.2, 0) is 19.9 Å². The number of carbonyl (C=O) groups excluding carboxylic acids is 2. The number of carbonyl (C=O) groups is 2. The Kier molecular flexibility index (Phi) is 6.84. The molecule has 1 fully saturated rings. The van der Waals surface area contributed by atoms with Crippen molar-refractivity contribution in [3.05, 3.63) is 95.4 Å². The number of aromatic nitrogens is 3. The Morgan fingerprint density at radius 1 is 1.15 bits per heavy atom. The summed E-state index contributed by atoms with van der Waals surface area (Å²) in [5.41, 5.74) is 5.93. The maximum atomic E-state index is 12.9. The average molecular weight is 528 g/mol. The van der Waals surface area contributed by atoms with Crippen molar-refractivity contribution >= 4 is 23.1 Å². The molecular weight excluding hydrogens is 502 g/mol. The largest absolute Gasteiger partial charge is 0.462 e. The second kappa shape index (κ2) is 10.3. The lowest BCUT2D eigenvalue weighted by Gasteiger charge is -2.24. The number of hydrogen-bond acceptors (Lipinski definition) is 10. The Balaban J connectivity index is 1.30. The van der Waals surface area contributed by atoms with Crippen molar-refractivity contribution in [1.29, 1.82) is 5.26 Å². The van der Waals surface area contributed by atoms with Crippen LogP contribution in [0.1, 0.15) is 40.0 Å². The number of fused-ring (bicyclic) bond motifs is 1. The highest BCUT2D eigenvalue weighted by molar-refractivity contribution is 6.09. The van der Waals surface area contributed by atoms with E-state index in [1.807, 2.05) is 12.1 Å². The van der Waals surface area contributed by atoms with Crippen molar-refractivity contribution in [1.82, 2.24) is 14.6 Å². The smallest absolute Gasteiger partial charge is 0.313 e. The van der Waals surface area contributed by atoms with Gasteiger partial charge in [-0.3, -0.25) is 9.59 Å². The normalized spacial score (nSPS) is 23.3. The summed E-state index contributed by atoms with van der Waals surface area (Å²) in [7, 11) is 0. The first-order valence-corrected chi connectivity index (χ1v) is 12.2. The lowest BCUT2D eigenvalue weighted by atomic mass is 9.92. The summed E-state index contributed by atoms with van der Waals surface area (Å²) in [5, 5.41) is 35.7. The molecule has 0 bridgehead atoms. The van der Waals surface area contributed by atoms with Gasteiger partial charge in [-0.25, -0.2) is 9.50 Å². The molecule has 1 aliphatic rings. The van der Waals surface area contributed by atoms with Gasteiger partial charge in [0.25, 0.3) is 0 Å². The molecule has 39 heavy (non-hydrogen) atoms. The summed E-state index contributed by atoms with van der Waals surface area (Å²) in [5.74, 6) is -1.39. The number of nitrogens with two attached hydrogens (primary N) is 1. The molecule has 1 aliphatic heterocycles. The maximum absolute atomic E-state index is 12.9.